The Bertz CT molecular complexity index is 3170. The summed E-state index contributed by atoms with van der Waals surface area (Å²) in [5, 5.41) is 32.7. The number of hydrogen-bond acceptors (Lipinski definition) is 14. The van der Waals surface area contributed by atoms with Crippen molar-refractivity contribution in [3.8, 4) is 91.3 Å². The van der Waals surface area contributed by atoms with Crippen LogP contribution in [-0.2, 0) is 20.8 Å². The van der Waals surface area contributed by atoms with Gasteiger partial charge in [0.2, 0.25) is 0 Å². The molecule has 0 radical (unpaired) electrons. The summed E-state index contributed by atoms with van der Waals surface area (Å²) >= 11 is 0. The summed E-state index contributed by atoms with van der Waals surface area (Å²) in [6, 6.07) is 34.3. The minimum atomic E-state index is -0.819. The zero-order chi connectivity index (χ0) is 51.1. The molecule has 72 heavy (non-hydrogen) atoms. The van der Waals surface area contributed by atoms with E-state index in [1.165, 1.54) is 13.2 Å². The van der Waals surface area contributed by atoms with Crippen molar-refractivity contribution in [3.63, 3.8) is 0 Å². The number of phenols is 2. The van der Waals surface area contributed by atoms with Gasteiger partial charge in [0.25, 0.3) is 0 Å². The molecule has 0 spiro atoms. The molecule has 8 aromatic rings. The Hall–Kier alpha value is -7.62. The summed E-state index contributed by atoms with van der Waals surface area (Å²) in [5.74, 6) is 3.23. The number of benzene rings is 6. The van der Waals surface area contributed by atoms with Crippen molar-refractivity contribution >= 4 is 0 Å². The summed E-state index contributed by atoms with van der Waals surface area (Å²) in [4.78, 5) is 29.4. The highest BCUT2D eigenvalue weighted by Gasteiger charge is 2.21. The van der Waals surface area contributed by atoms with E-state index in [-0.39, 0.29) is 50.4 Å². The van der Waals surface area contributed by atoms with E-state index in [2.05, 4.69) is 32.0 Å². The van der Waals surface area contributed by atoms with E-state index in [0.29, 0.717) is 51.7 Å². The molecule has 0 bridgehead atoms. The second-order valence-electron chi connectivity index (χ2n) is 18.2. The topological polar surface area (TPSA) is 184 Å². The van der Waals surface area contributed by atoms with Crippen LogP contribution < -0.4 is 9.47 Å². The second kappa shape index (κ2) is 22.6. The molecule has 0 aliphatic heterocycles. The van der Waals surface area contributed by atoms with Crippen molar-refractivity contribution in [2.75, 3.05) is 40.6 Å². The van der Waals surface area contributed by atoms with Crippen molar-refractivity contribution in [2.45, 2.75) is 67.3 Å². The molecule has 2 heterocycles. The van der Waals surface area contributed by atoms with Crippen LogP contribution >= 0.6 is 0 Å². The van der Waals surface area contributed by atoms with Crippen LogP contribution in [0.25, 0.3) is 68.3 Å². The van der Waals surface area contributed by atoms with Crippen LogP contribution in [-0.4, -0.2) is 98.1 Å². The lowest BCUT2D eigenvalue weighted by Crippen LogP contribution is -2.26. The third kappa shape index (κ3) is 12.1. The summed E-state index contributed by atoms with van der Waals surface area (Å²) < 4.78 is 28.8. The van der Waals surface area contributed by atoms with Gasteiger partial charge in [-0.1, -0.05) is 89.5 Å². The van der Waals surface area contributed by atoms with Crippen molar-refractivity contribution in [3.05, 3.63) is 154 Å². The molecule has 0 aliphatic carbocycles. The molecule has 14 heteroatoms. The first-order valence-corrected chi connectivity index (χ1v) is 23.7. The number of aryl methyl sites for hydroxylation is 7. The van der Waals surface area contributed by atoms with E-state index in [1.54, 1.807) is 37.4 Å². The molecule has 6 aromatic carbocycles. The largest absolute Gasteiger partial charge is 0.507 e. The van der Waals surface area contributed by atoms with E-state index in [4.69, 9.17) is 53.6 Å². The molecular formula is C58H60N6O8. The van der Waals surface area contributed by atoms with Gasteiger partial charge >= 0.3 is 0 Å². The lowest BCUT2D eigenvalue weighted by atomic mass is 10.0. The van der Waals surface area contributed by atoms with Gasteiger partial charge in [-0.2, -0.15) is 0 Å². The van der Waals surface area contributed by atoms with Gasteiger partial charge < -0.3 is 39.0 Å². The number of aromatic hydroxyl groups is 2. The SMILES string of the molecule is COCC(O)COc1ccc(-c2nc(-c3ccc(C)cc3C)nc(-c3ccc(COC(COC)COc4ccc(-c5nc(-c6ccc(C)cc6C)nc(-c6ccc(C)cc6C)n5)c(O)c4)cc3C)n2)c(O)c1. The monoisotopic (exact) mass is 968 g/mol. The lowest BCUT2D eigenvalue weighted by Gasteiger charge is -2.19. The first kappa shape index (κ1) is 50.8. The molecule has 0 aliphatic rings. The number of rotatable bonds is 19. The Morgan fingerprint density at radius 3 is 1.14 bits per heavy atom. The van der Waals surface area contributed by atoms with Crippen molar-refractivity contribution < 1.29 is 39.0 Å². The summed E-state index contributed by atoms with van der Waals surface area (Å²) in [7, 11) is 3.11. The number of nitrogens with zero attached hydrogens (tertiary/aromatic N) is 6. The zero-order valence-electron chi connectivity index (χ0n) is 42.1. The maximum Gasteiger partial charge on any atom is 0.167 e. The Kier molecular flexibility index (Phi) is 16.0. The Balaban J connectivity index is 0.994. The number of hydrogen-bond donors (Lipinski definition) is 3. The molecule has 3 N–H and O–H groups in total. The molecule has 2 atom stereocenters. The van der Waals surface area contributed by atoms with Gasteiger partial charge in [0, 0.05) is 48.6 Å². The molecule has 370 valence electrons. The highest BCUT2D eigenvalue weighted by atomic mass is 16.6. The van der Waals surface area contributed by atoms with Gasteiger partial charge in [-0.05, 0) is 101 Å². The molecular weight excluding hydrogens is 909 g/mol. The fraction of sp³-hybridized carbons (Fsp3) is 0.276. The number of aliphatic hydroxyl groups is 1. The molecule has 2 unspecified atom stereocenters. The van der Waals surface area contributed by atoms with Gasteiger partial charge in [0.15, 0.2) is 34.9 Å². The van der Waals surface area contributed by atoms with E-state index < -0.39 is 12.2 Å². The van der Waals surface area contributed by atoms with Gasteiger partial charge in [-0.3, -0.25) is 0 Å². The Morgan fingerprint density at radius 1 is 0.403 bits per heavy atom. The minimum Gasteiger partial charge on any atom is -0.507 e. The van der Waals surface area contributed by atoms with Crippen LogP contribution in [0.15, 0.2) is 109 Å². The Morgan fingerprint density at radius 2 is 0.764 bits per heavy atom. The van der Waals surface area contributed by atoms with Crippen LogP contribution in [0, 0.1) is 48.5 Å². The molecule has 0 saturated heterocycles. The van der Waals surface area contributed by atoms with Gasteiger partial charge in [0.1, 0.15) is 48.4 Å². The summed E-state index contributed by atoms with van der Waals surface area (Å²) in [6.07, 6.45) is -1.27. The molecule has 8 rings (SSSR count). The van der Waals surface area contributed by atoms with E-state index in [0.717, 1.165) is 66.8 Å². The smallest absolute Gasteiger partial charge is 0.167 e. The van der Waals surface area contributed by atoms with Crippen LogP contribution in [0.4, 0.5) is 0 Å². The Labute approximate surface area is 420 Å². The zero-order valence-corrected chi connectivity index (χ0v) is 42.1. The fourth-order valence-corrected chi connectivity index (χ4v) is 8.48. The maximum atomic E-state index is 11.5. The number of aliphatic hydroxyl groups excluding tert-OH is 1. The van der Waals surface area contributed by atoms with Crippen molar-refractivity contribution in [2.24, 2.45) is 0 Å². The van der Waals surface area contributed by atoms with Crippen molar-refractivity contribution in [1.82, 2.24) is 29.9 Å². The van der Waals surface area contributed by atoms with Crippen LogP contribution in [0.2, 0.25) is 0 Å². The van der Waals surface area contributed by atoms with Crippen molar-refractivity contribution in [1.29, 1.82) is 0 Å². The minimum absolute atomic E-state index is 0.00176. The van der Waals surface area contributed by atoms with Gasteiger partial charge in [-0.25, -0.2) is 29.9 Å². The molecule has 14 nitrogen and oxygen atoms in total. The van der Waals surface area contributed by atoms with E-state index >= 15 is 0 Å². The number of methoxy groups -OCH3 is 2. The average molecular weight is 969 g/mol. The normalized spacial score (nSPS) is 12.2. The highest BCUT2D eigenvalue weighted by Crippen LogP contribution is 2.36. The first-order valence-electron chi connectivity index (χ1n) is 23.7. The summed E-state index contributed by atoms with van der Waals surface area (Å²) in [6.45, 7) is 15.0. The second-order valence-corrected chi connectivity index (χ2v) is 18.2. The van der Waals surface area contributed by atoms with Crippen LogP contribution in [0.5, 0.6) is 23.0 Å². The predicted octanol–water partition coefficient (Wildman–Crippen LogP) is 10.6. The standard InChI is InChI=1S/C58H60N6O8/c1-33-10-16-45(36(4)22-33)53-59-54(46-17-11-34(2)23-37(46)5)62-57(61-53)50-21-15-43(27-52(50)67)72-32-44(31-69-9)70-28-40-13-19-48(39(7)25-40)56-60-55(47-18-12-35(3)24-38(47)6)63-58(64-56)49-20-14-42(26-51(49)66)71-30-41(65)29-68-8/h10-27,41,44,65-67H,28-32H2,1-9H3. The third-order valence-electron chi connectivity index (χ3n) is 12.2. The molecule has 0 amide bonds. The van der Waals surface area contributed by atoms with Crippen LogP contribution in [0.1, 0.15) is 44.5 Å². The number of ether oxygens (including phenoxy) is 5. The fourth-order valence-electron chi connectivity index (χ4n) is 8.48. The third-order valence-corrected chi connectivity index (χ3v) is 12.2. The molecule has 2 aromatic heterocycles. The maximum absolute atomic E-state index is 11.5. The summed E-state index contributed by atoms with van der Waals surface area (Å²) in [5.41, 5.74) is 12.5. The van der Waals surface area contributed by atoms with Gasteiger partial charge in [0.05, 0.1) is 30.9 Å². The van der Waals surface area contributed by atoms with Gasteiger partial charge in [-0.15, -0.1) is 0 Å². The average Bonchev–Trinajstić information content (AvgIpc) is 3.34. The predicted molar refractivity (Wildman–Crippen MR) is 278 cm³/mol. The molecule has 0 fully saturated rings. The van der Waals surface area contributed by atoms with E-state index in [1.807, 2.05) is 89.2 Å². The van der Waals surface area contributed by atoms with E-state index in [9.17, 15) is 15.3 Å². The molecule has 0 saturated carbocycles. The first-order chi connectivity index (χ1) is 34.7. The van der Waals surface area contributed by atoms with Crippen LogP contribution in [0.3, 0.4) is 0 Å². The number of phenolic OH excluding ortho intramolecular Hbond substituents is 2. The number of aromatic nitrogens is 6. The quantitative estimate of drug-likeness (QED) is 0.0695. The highest BCUT2D eigenvalue weighted by molar-refractivity contribution is 5.74. The lowest BCUT2D eigenvalue weighted by molar-refractivity contribution is -0.0339.